The summed E-state index contributed by atoms with van der Waals surface area (Å²) in [7, 11) is 0. The summed E-state index contributed by atoms with van der Waals surface area (Å²) in [6.45, 7) is 1.80. The van der Waals surface area contributed by atoms with Gasteiger partial charge in [0.1, 0.15) is 5.82 Å². The minimum atomic E-state index is -0.324. The van der Waals surface area contributed by atoms with E-state index in [0.717, 1.165) is 4.47 Å². The third-order valence-corrected chi connectivity index (χ3v) is 3.34. The van der Waals surface area contributed by atoms with Gasteiger partial charge in [-0.15, -0.1) is 0 Å². The van der Waals surface area contributed by atoms with Crippen LogP contribution in [-0.4, -0.2) is 5.91 Å². The molecular formula is C15H14BrFN2O. The van der Waals surface area contributed by atoms with Gasteiger partial charge in [-0.2, -0.15) is 0 Å². The number of nitrogens with one attached hydrogen (secondary N) is 1. The van der Waals surface area contributed by atoms with Crippen LogP contribution in [0.4, 0.5) is 10.1 Å². The number of nitrogens with two attached hydrogens (primary N) is 1. The molecule has 1 atom stereocenters. The highest BCUT2D eigenvalue weighted by Crippen LogP contribution is 2.19. The molecule has 104 valence electrons. The number of carbonyl (C=O) groups excluding carboxylic acids is 1. The average molecular weight is 337 g/mol. The Morgan fingerprint density at radius 3 is 2.70 bits per heavy atom. The largest absolute Gasteiger partial charge is 0.399 e. The Kier molecular flexibility index (Phi) is 4.39. The van der Waals surface area contributed by atoms with Crippen LogP contribution in [0.3, 0.4) is 0 Å². The number of benzene rings is 2. The third kappa shape index (κ3) is 3.57. The van der Waals surface area contributed by atoms with E-state index in [2.05, 4.69) is 21.2 Å². The van der Waals surface area contributed by atoms with Crippen molar-refractivity contribution >= 4 is 27.5 Å². The molecule has 0 bridgehead atoms. The molecule has 3 nitrogen and oxygen atoms in total. The molecule has 0 aliphatic heterocycles. The summed E-state index contributed by atoms with van der Waals surface area (Å²) >= 11 is 3.29. The van der Waals surface area contributed by atoms with Crippen LogP contribution in [0.15, 0.2) is 46.9 Å². The van der Waals surface area contributed by atoms with E-state index in [1.54, 1.807) is 37.3 Å². The third-order valence-electron chi connectivity index (χ3n) is 2.88. The molecule has 1 unspecified atom stereocenters. The lowest BCUT2D eigenvalue weighted by Crippen LogP contribution is -2.26. The first kappa shape index (κ1) is 14.5. The molecule has 0 radical (unpaired) electrons. The van der Waals surface area contributed by atoms with Gasteiger partial charge in [0.2, 0.25) is 0 Å². The fraction of sp³-hybridized carbons (Fsp3) is 0.133. The summed E-state index contributed by atoms with van der Waals surface area (Å²) in [6, 6.07) is 10.9. The molecule has 0 aliphatic rings. The minimum Gasteiger partial charge on any atom is -0.399 e. The lowest BCUT2D eigenvalue weighted by molar-refractivity contribution is 0.0940. The number of anilines is 1. The highest BCUT2D eigenvalue weighted by atomic mass is 79.9. The molecule has 5 heteroatoms. The van der Waals surface area contributed by atoms with E-state index in [4.69, 9.17) is 5.73 Å². The van der Waals surface area contributed by atoms with Gasteiger partial charge >= 0.3 is 0 Å². The quantitative estimate of drug-likeness (QED) is 0.840. The van der Waals surface area contributed by atoms with Crippen LogP contribution in [0.1, 0.15) is 28.9 Å². The smallest absolute Gasteiger partial charge is 0.251 e. The number of carbonyl (C=O) groups is 1. The Labute approximate surface area is 125 Å². The standard InChI is InChI=1S/C15H14BrFN2O/c1-9(10-3-2-4-13(17)6-10)19-15(20)11-5-12(16)8-14(18)7-11/h2-9H,18H2,1H3,(H,19,20). The molecule has 1 amide bonds. The first-order valence-corrected chi connectivity index (χ1v) is 6.87. The van der Waals surface area contributed by atoms with Crippen molar-refractivity contribution in [3.8, 4) is 0 Å². The highest BCUT2D eigenvalue weighted by molar-refractivity contribution is 9.10. The van der Waals surface area contributed by atoms with E-state index in [0.29, 0.717) is 16.8 Å². The van der Waals surface area contributed by atoms with E-state index < -0.39 is 0 Å². The average Bonchev–Trinajstić information content (AvgIpc) is 2.37. The Hall–Kier alpha value is -1.88. The van der Waals surface area contributed by atoms with Crippen molar-refractivity contribution in [3.63, 3.8) is 0 Å². The molecule has 0 spiro atoms. The van der Waals surface area contributed by atoms with Gasteiger partial charge in [0, 0.05) is 15.7 Å². The van der Waals surface area contributed by atoms with Gasteiger partial charge in [-0.1, -0.05) is 28.1 Å². The van der Waals surface area contributed by atoms with Gasteiger partial charge in [0.05, 0.1) is 6.04 Å². The SMILES string of the molecule is CC(NC(=O)c1cc(N)cc(Br)c1)c1cccc(F)c1. The molecule has 0 heterocycles. The Balaban J connectivity index is 2.15. The number of hydrogen-bond acceptors (Lipinski definition) is 2. The second-order valence-electron chi connectivity index (χ2n) is 4.52. The van der Waals surface area contributed by atoms with E-state index in [9.17, 15) is 9.18 Å². The summed E-state index contributed by atoms with van der Waals surface area (Å²) in [6.07, 6.45) is 0. The summed E-state index contributed by atoms with van der Waals surface area (Å²) in [5.41, 5.74) is 7.37. The fourth-order valence-corrected chi connectivity index (χ4v) is 2.39. The second-order valence-corrected chi connectivity index (χ2v) is 5.44. The maximum Gasteiger partial charge on any atom is 0.251 e. The molecule has 0 aromatic heterocycles. The zero-order valence-electron chi connectivity index (χ0n) is 10.9. The molecule has 0 saturated heterocycles. The van der Waals surface area contributed by atoms with Crippen molar-refractivity contribution in [1.29, 1.82) is 0 Å². The molecule has 3 N–H and O–H groups in total. The zero-order valence-corrected chi connectivity index (χ0v) is 12.4. The fourth-order valence-electron chi connectivity index (χ4n) is 1.88. The first-order chi connectivity index (χ1) is 9.45. The van der Waals surface area contributed by atoms with Gasteiger partial charge in [0.15, 0.2) is 0 Å². The molecular weight excluding hydrogens is 323 g/mol. The highest BCUT2D eigenvalue weighted by Gasteiger charge is 2.12. The Bertz CT molecular complexity index is 625. The van der Waals surface area contributed by atoms with Crippen molar-refractivity contribution < 1.29 is 9.18 Å². The number of hydrogen-bond donors (Lipinski definition) is 2. The molecule has 0 saturated carbocycles. The monoisotopic (exact) mass is 336 g/mol. The zero-order chi connectivity index (χ0) is 14.7. The predicted octanol–water partition coefficient (Wildman–Crippen LogP) is 3.66. The van der Waals surface area contributed by atoms with Crippen molar-refractivity contribution in [3.05, 3.63) is 63.9 Å². The van der Waals surface area contributed by atoms with Gasteiger partial charge in [-0.05, 0) is 42.8 Å². The second kappa shape index (κ2) is 6.05. The summed E-state index contributed by atoms with van der Waals surface area (Å²) in [5.74, 6) is -0.579. The van der Waals surface area contributed by atoms with E-state index in [-0.39, 0.29) is 17.8 Å². The van der Waals surface area contributed by atoms with Crippen molar-refractivity contribution in [2.24, 2.45) is 0 Å². The topological polar surface area (TPSA) is 55.1 Å². The van der Waals surface area contributed by atoms with Crippen LogP contribution in [0.25, 0.3) is 0 Å². The number of nitrogen functional groups attached to an aromatic ring is 1. The maximum atomic E-state index is 13.2. The van der Waals surface area contributed by atoms with Gasteiger partial charge in [-0.3, -0.25) is 4.79 Å². The lowest BCUT2D eigenvalue weighted by Gasteiger charge is -2.15. The maximum absolute atomic E-state index is 13.2. The number of halogens is 2. The van der Waals surface area contributed by atoms with E-state index in [1.807, 2.05) is 0 Å². The first-order valence-electron chi connectivity index (χ1n) is 6.08. The van der Waals surface area contributed by atoms with Crippen molar-refractivity contribution in [1.82, 2.24) is 5.32 Å². The van der Waals surface area contributed by atoms with E-state index in [1.165, 1.54) is 12.1 Å². The number of amides is 1. The predicted molar refractivity (Wildman–Crippen MR) is 80.8 cm³/mol. The molecule has 0 fully saturated rings. The normalized spacial score (nSPS) is 11.9. The molecule has 0 aliphatic carbocycles. The van der Waals surface area contributed by atoms with Crippen molar-refractivity contribution in [2.45, 2.75) is 13.0 Å². The van der Waals surface area contributed by atoms with Crippen LogP contribution in [0.5, 0.6) is 0 Å². The summed E-state index contributed by atoms with van der Waals surface area (Å²) in [5, 5.41) is 2.81. The minimum absolute atomic E-state index is 0.255. The number of rotatable bonds is 3. The van der Waals surface area contributed by atoms with Crippen LogP contribution in [-0.2, 0) is 0 Å². The van der Waals surface area contributed by atoms with Crippen LogP contribution >= 0.6 is 15.9 Å². The summed E-state index contributed by atoms with van der Waals surface area (Å²) < 4.78 is 13.9. The Morgan fingerprint density at radius 2 is 2.05 bits per heavy atom. The molecule has 2 aromatic carbocycles. The lowest BCUT2D eigenvalue weighted by atomic mass is 10.1. The van der Waals surface area contributed by atoms with Gasteiger partial charge < -0.3 is 11.1 Å². The molecule has 2 aromatic rings. The van der Waals surface area contributed by atoms with Crippen LogP contribution in [0, 0.1) is 5.82 Å². The summed E-state index contributed by atoms with van der Waals surface area (Å²) in [4.78, 5) is 12.1. The van der Waals surface area contributed by atoms with Crippen LogP contribution < -0.4 is 11.1 Å². The molecule has 20 heavy (non-hydrogen) atoms. The van der Waals surface area contributed by atoms with E-state index >= 15 is 0 Å². The van der Waals surface area contributed by atoms with Gasteiger partial charge in [-0.25, -0.2) is 4.39 Å². The van der Waals surface area contributed by atoms with Gasteiger partial charge in [0.25, 0.3) is 5.91 Å². The molecule has 2 rings (SSSR count). The van der Waals surface area contributed by atoms with Crippen LogP contribution in [0.2, 0.25) is 0 Å². The van der Waals surface area contributed by atoms with Crippen molar-refractivity contribution in [2.75, 3.05) is 5.73 Å². The Morgan fingerprint density at radius 1 is 1.30 bits per heavy atom.